The summed E-state index contributed by atoms with van der Waals surface area (Å²) < 4.78 is 29.3. The number of aromatic nitrogens is 2. The number of benzene rings is 2. The third-order valence-corrected chi connectivity index (χ3v) is 7.59. The zero-order valence-electron chi connectivity index (χ0n) is 22.0. The maximum Gasteiger partial charge on any atom is 0.286 e. The fraction of sp³-hybridized carbons (Fsp3) is 0.286. The van der Waals surface area contributed by atoms with Crippen LogP contribution in [-0.4, -0.2) is 38.2 Å². The van der Waals surface area contributed by atoms with Gasteiger partial charge < -0.3 is 9.80 Å². The number of imidazole rings is 1. The Morgan fingerprint density at radius 3 is 2.36 bits per heavy atom. The molecule has 39 heavy (non-hydrogen) atoms. The van der Waals surface area contributed by atoms with E-state index < -0.39 is 15.9 Å². The fourth-order valence-electron chi connectivity index (χ4n) is 5.48. The Morgan fingerprint density at radius 2 is 1.69 bits per heavy atom. The van der Waals surface area contributed by atoms with Crippen LogP contribution in [0.2, 0.25) is 0 Å². The van der Waals surface area contributed by atoms with Crippen molar-refractivity contribution in [3.05, 3.63) is 71.3 Å². The van der Waals surface area contributed by atoms with E-state index in [-0.39, 0.29) is 6.54 Å². The zero-order valence-corrected chi connectivity index (χ0v) is 22.8. The van der Waals surface area contributed by atoms with Gasteiger partial charge in [0.15, 0.2) is 17.6 Å². The van der Waals surface area contributed by atoms with E-state index in [9.17, 15) is 23.7 Å². The first-order chi connectivity index (χ1) is 18.7. The van der Waals surface area contributed by atoms with Crippen LogP contribution in [0.15, 0.2) is 54.4 Å². The van der Waals surface area contributed by atoms with Crippen LogP contribution < -0.4 is 19.1 Å². The van der Waals surface area contributed by atoms with Crippen molar-refractivity contribution in [2.24, 2.45) is 0 Å². The minimum absolute atomic E-state index is 0.209. The number of rotatable bonds is 6. The van der Waals surface area contributed by atoms with E-state index in [1.807, 2.05) is 30.3 Å². The van der Waals surface area contributed by atoms with Gasteiger partial charge in [-0.05, 0) is 56.3 Å². The number of aryl methyl sites for hydroxylation is 1. The van der Waals surface area contributed by atoms with E-state index in [2.05, 4.69) is 51.2 Å². The lowest BCUT2D eigenvalue weighted by Gasteiger charge is -2.23. The van der Waals surface area contributed by atoms with Crippen molar-refractivity contribution in [1.82, 2.24) is 9.29 Å². The minimum atomic E-state index is -3.72. The first-order valence-electron chi connectivity index (χ1n) is 12.7. The highest BCUT2D eigenvalue weighted by Gasteiger charge is 2.35. The molecule has 0 atom stereocenters. The number of sulfonamides is 1. The van der Waals surface area contributed by atoms with Crippen molar-refractivity contribution >= 4 is 43.9 Å². The number of nitrogens with zero attached hydrogens (tertiary/aromatic N) is 6. The summed E-state index contributed by atoms with van der Waals surface area (Å²) in [6.45, 7) is 6.09. The summed E-state index contributed by atoms with van der Waals surface area (Å²) in [6, 6.07) is 15.4. The van der Waals surface area contributed by atoms with Gasteiger partial charge in [-0.3, -0.25) is 4.79 Å². The van der Waals surface area contributed by atoms with Gasteiger partial charge in [0, 0.05) is 31.1 Å². The molecular weight excluding hydrogens is 514 g/mol. The molecule has 2 aliphatic heterocycles. The maximum absolute atomic E-state index is 12.7. The molecule has 0 saturated carbocycles. The zero-order chi connectivity index (χ0) is 27.9. The second-order valence-corrected chi connectivity index (χ2v) is 11.2. The molecule has 5 rings (SSSR count). The molecule has 0 radical (unpaired) electrons. The second kappa shape index (κ2) is 9.93. The van der Waals surface area contributed by atoms with Gasteiger partial charge in [0.05, 0.1) is 47.4 Å². The van der Waals surface area contributed by atoms with Crippen molar-refractivity contribution < 1.29 is 17.8 Å². The summed E-state index contributed by atoms with van der Waals surface area (Å²) in [6.07, 6.45) is 5.78. The molecule has 0 bridgehead atoms. The van der Waals surface area contributed by atoms with Gasteiger partial charge in [-0.1, -0.05) is 0 Å². The van der Waals surface area contributed by atoms with Crippen molar-refractivity contribution in [1.29, 1.82) is 10.5 Å². The molecule has 2 aromatic carbocycles. The quantitative estimate of drug-likeness (QED) is 0.475. The van der Waals surface area contributed by atoms with Gasteiger partial charge in [0.2, 0.25) is 10.0 Å². The lowest BCUT2D eigenvalue weighted by Crippen LogP contribution is -2.35. The molecule has 0 fully saturated rings. The molecular formula is C28H28N7O3S+. The van der Waals surface area contributed by atoms with E-state index >= 15 is 0 Å². The van der Waals surface area contributed by atoms with Crippen molar-refractivity contribution in [2.75, 3.05) is 29.1 Å². The van der Waals surface area contributed by atoms with E-state index in [1.54, 1.807) is 16.7 Å². The van der Waals surface area contributed by atoms with Crippen LogP contribution in [0.4, 0.5) is 11.4 Å². The van der Waals surface area contributed by atoms with Gasteiger partial charge in [-0.2, -0.15) is 10.5 Å². The smallest absolute Gasteiger partial charge is 0.286 e. The van der Waals surface area contributed by atoms with Crippen molar-refractivity contribution in [3.8, 4) is 12.1 Å². The molecule has 1 aromatic heterocycles. The van der Waals surface area contributed by atoms with Crippen LogP contribution in [-0.2, 0) is 27.9 Å². The number of nitriles is 2. The van der Waals surface area contributed by atoms with E-state index in [1.165, 1.54) is 0 Å². The molecule has 3 aromatic rings. The highest BCUT2D eigenvalue weighted by molar-refractivity contribution is 7.89. The summed E-state index contributed by atoms with van der Waals surface area (Å²) >= 11 is 0. The van der Waals surface area contributed by atoms with Crippen molar-refractivity contribution in [3.63, 3.8) is 0 Å². The van der Waals surface area contributed by atoms with Gasteiger partial charge in [-0.15, -0.1) is 0 Å². The van der Waals surface area contributed by atoms with Gasteiger partial charge in [0.25, 0.3) is 11.7 Å². The lowest BCUT2D eigenvalue weighted by atomic mass is 10.1. The molecule has 11 heteroatoms. The SMILES string of the molecule is CCN1/C(=C/C=C2/CC[n+]3c2n(CC(=O)NS(C)(=O)=O)c2cc(C#N)ccc23)N(CC)c2cc(C#N)ccc21. The molecule has 0 spiro atoms. The number of hydrogen-bond acceptors (Lipinski definition) is 7. The number of amides is 1. The van der Waals surface area contributed by atoms with Crippen LogP contribution in [0.3, 0.4) is 0 Å². The third-order valence-electron chi connectivity index (χ3n) is 7.00. The Morgan fingerprint density at radius 1 is 1.03 bits per heavy atom. The van der Waals surface area contributed by atoms with Crippen LogP contribution in [0, 0.1) is 22.7 Å². The number of allylic oxidation sites excluding steroid dienone is 3. The number of hydrogen-bond donors (Lipinski definition) is 1. The summed E-state index contributed by atoms with van der Waals surface area (Å²) in [5.41, 5.74) is 5.64. The molecule has 1 N–H and O–H groups in total. The van der Waals surface area contributed by atoms with Gasteiger partial charge in [0.1, 0.15) is 5.82 Å². The van der Waals surface area contributed by atoms with Crippen LogP contribution in [0.5, 0.6) is 0 Å². The Hall–Kier alpha value is -4.61. The van der Waals surface area contributed by atoms with E-state index in [0.717, 1.165) is 59.9 Å². The van der Waals surface area contributed by atoms with Crippen LogP contribution in [0.25, 0.3) is 16.6 Å². The molecule has 10 nitrogen and oxygen atoms in total. The third kappa shape index (κ3) is 4.62. The number of anilines is 2. The Balaban J connectivity index is 1.62. The minimum Gasteiger partial charge on any atom is -0.326 e. The second-order valence-electron chi connectivity index (χ2n) is 9.44. The fourth-order valence-corrected chi connectivity index (χ4v) is 5.96. The Bertz CT molecular complexity index is 1770. The summed E-state index contributed by atoms with van der Waals surface area (Å²) in [4.78, 5) is 17.1. The molecule has 0 saturated heterocycles. The number of carbonyl (C=O) groups is 1. The molecule has 3 heterocycles. The summed E-state index contributed by atoms with van der Waals surface area (Å²) in [5, 5.41) is 18.9. The Kier molecular flexibility index (Phi) is 6.62. The number of carbonyl (C=O) groups excluding carboxylic acids is 1. The average Bonchev–Trinajstić information content (AvgIpc) is 3.55. The largest absolute Gasteiger partial charge is 0.326 e. The Labute approximate surface area is 227 Å². The molecule has 0 unspecified atom stereocenters. The highest BCUT2D eigenvalue weighted by atomic mass is 32.2. The van der Waals surface area contributed by atoms with Crippen LogP contribution >= 0.6 is 0 Å². The molecule has 2 aliphatic rings. The number of fused-ring (bicyclic) bond motifs is 4. The van der Waals surface area contributed by atoms with Crippen molar-refractivity contribution in [2.45, 2.75) is 33.4 Å². The van der Waals surface area contributed by atoms with Crippen LogP contribution in [0.1, 0.15) is 37.2 Å². The lowest BCUT2D eigenvalue weighted by molar-refractivity contribution is -0.664. The van der Waals surface area contributed by atoms with E-state index in [4.69, 9.17) is 0 Å². The topological polar surface area (TPSA) is 126 Å². The monoisotopic (exact) mass is 542 g/mol. The standard InChI is InChI=1S/C28H27N7O3S/c1-4-32-22-9-6-19(16-29)14-24(22)33(5-2)27(32)11-8-21-12-13-34-23-10-7-20(17-30)15-25(23)35(28(21)34)18-26(36)31-39(3,37)38/h6-11,14-15H,4-5,12-13,18H2,1-3H3/p+1. The summed E-state index contributed by atoms with van der Waals surface area (Å²) in [7, 11) is -3.72. The molecule has 1 amide bonds. The summed E-state index contributed by atoms with van der Waals surface area (Å²) in [5.74, 6) is 1.13. The molecule has 0 aliphatic carbocycles. The normalized spacial score (nSPS) is 16.4. The predicted octanol–water partition coefficient (Wildman–Crippen LogP) is 2.74. The first kappa shape index (κ1) is 26.0. The highest BCUT2D eigenvalue weighted by Crippen LogP contribution is 2.42. The van der Waals surface area contributed by atoms with E-state index in [0.29, 0.717) is 23.2 Å². The average molecular weight is 543 g/mol. The maximum atomic E-state index is 12.7. The van der Waals surface area contributed by atoms with Gasteiger partial charge >= 0.3 is 0 Å². The first-order valence-corrected chi connectivity index (χ1v) is 14.6. The molecule has 198 valence electrons. The van der Waals surface area contributed by atoms with Gasteiger partial charge in [-0.25, -0.2) is 22.3 Å². The number of nitrogens with one attached hydrogen (secondary N) is 1. The predicted molar refractivity (Wildman–Crippen MR) is 148 cm³/mol.